The summed E-state index contributed by atoms with van der Waals surface area (Å²) in [5, 5.41) is 11.0. The smallest absolute Gasteiger partial charge is 0.363 e. The Bertz CT molecular complexity index is 1030. The highest BCUT2D eigenvalue weighted by molar-refractivity contribution is 6.32. The molecule has 0 spiro atoms. The van der Waals surface area contributed by atoms with Gasteiger partial charge in [0.2, 0.25) is 5.90 Å². The number of nitrogens with zero attached hydrogens (tertiary/aromatic N) is 2. The molecular weight excluding hydrogens is 400 g/mol. The molecule has 9 heteroatoms. The molecule has 150 valence electrons. The van der Waals surface area contributed by atoms with Crippen LogP contribution in [0.2, 0.25) is 5.02 Å². The molecule has 1 aliphatic rings. The van der Waals surface area contributed by atoms with E-state index in [1.54, 1.807) is 18.2 Å². The number of carbonyl (C=O) groups is 1. The SMILES string of the molecule is CCOc1ccc(/C=C2/N=C(c3ccc(Cl)c([N+](=O)[O-])c3)OC2=O)cc1OCC. The molecule has 0 bridgehead atoms. The Hall–Kier alpha value is -3.39. The molecule has 0 aliphatic carbocycles. The van der Waals surface area contributed by atoms with E-state index in [0.29, 0.717) is 30.3 Å². The summed E-state index contributed by atoms with van der Waals surface area (Å²) in [6.45, 7) is 4.68. The van der Waals surface area contributed by atoms with Crippen molar-refractivity contribution in [2.45, 2.75) is 13.8 Å². The van der Waals surface area contributed by atoms with E-state index in [1.165, 1.54) is 24.3 Å². The highest BCUT2D eigenvalue weighted by atomic mass is 35.5. The molecular formula is C20H17ClN2O6. The summed E-state index contributed by atoms with van der Waals surface area (Å²) in [6, 6.07) is 9.29. The minimum absolute atomic E-state index is 0.0164. The number of ether oxygens (including phenoxy) is 3. The van der Waals surface area contributed by atoms with Crippen molar-refractivity contribution in [3.63, 3.8) is 0 Å². The van der Waals surface area contributed by atoms with Crippen LogP contribution in [-0.2, 0) is 9.53 Å². The van der Waals surface area contributed by atoms with Crippen molar-refractivity contribution < 1.29 is 23.9 Å². The van der Waals surface area contributed by atoms with E-state index in [0.717, 1.165) is 0 Å². The van der Waals surface area contributed by atoms with E-state index in [2.05, 4.69) is 4.99 Å². The van der Waals surface area contributed by atoms with E-state index in [9.17, 15) is 14.9 Å². The Balaban J connectivity index is 1.94. The fourth-order valence-corrected chi connectivity index (χ4v) is 2.82. The first-order valence-corrected chi connectivity index (χ1v) is 9.17. The fraction of sp³-hybridized carbons (Fsp3) is 0.200. The highest BCUT2D eigenvalue weighted by Gasteiger charge is 2.26. The highest BCUT2D eigenvalue weighted by Crippen LogP contribution is 2.31. The predicted molar refractivity (Wildman–Crippen MR) is 107 cm³/mol. The number of nitro groups is 1. The molecule has 0 atom stereocenters. The van der Waals surface area contributed by atoms with Crippen molar-refractivity contribution in [2.24, 2.45) is 4.99 Å². The molecule has 0 saturated heterocycles. The third-order valence-corrected chi connectivity index (χ3v) is 4.20. The summed E-state index contributed by atoms with van der Waals surface area (Å²) in [5.41, 5.74) is 0.702. The molecule has 0 amide bonds. The number of aliphatic imine (C=N–C) groups is 1. The van der Waals surface area contributed by atoms with Gasteiger partial charge in [-0.15, -0.1) is 0 Å². The van der Waals surface area contributed by atoms with Crippen LogP contribution in [0, 0.1) is 10.1 Å². The number of carbonyl (C=O) groups excluding carboxylic acids is 1. The van der Waals surface area contributed by atoms with Crippen LogP contribution in [-0.4, -0.2) is 30.0 Å². The number of cyclic esters (lactones) is 1. The van der Waals surface area contributed by atoms with Gasteiger partial charge in [0.1, 0.15) is 5.02 Å². The third kappa shape index (κ3) is 4.55. The minimum Gasteiger partial charge on any atom is -0.490 e. The molecule has 0 unspecified atom stereocenters. The maximum absolute atomic E-state index is 12.2. The Morgan fingerprint density at radius 3 is 2.55 bits per heavy atom. The Labute approximate surface area is 171 Å². The zero-order valence-electron chi connectivity index (χ0n) is 15.7. The van der Waals surface area contributed by atoms with Crippen molar-refractivity contribution in [3.8, 4) is 11.5 Å². The minimum atomic E-state index is -0.663. The number of esters is 1. The summed E-state index contributed by atoms with van der Waals surface area (Å²) >= 11 is 5.82. The zero-order chi connectivity index (χ0) is 21.0. The molecule has 1 heterocycles. The van der Waals surface area contributed by atoms with E-state index < -0.39 is 10.9 Å². The molecule has 0 N–H and O–H groups in total. The van der Waals surface area contributed by atoms with Gasteiger partial charge in [0.05, 0.1) is 18.1 Å². The quantitative estimate of drug-likeness (QED) is 0.287. The van der Waals surface area contributed by atoms with E-state index >= 15 is 0 Å². The maximum Gasteiger partial charge on any atom is 0.363 e. The van der Waals surface area contributed by atoms with Crippen molar-refractivity contribution in [1.82, 2.24) is 0 Å². The van der Waals surface area contributed by atoms with Crippen LogP contribution in [0.5, 0.6) is 11.5 Å². The molecule has 29 heavy (non-hydrogen) atoms. The van der Waals surface area contributed by atoms with Gasteiger partial charge in [-0.2, -0.15) is 0 Å². The summed E-state index contributed by atoms with van der Waals surface area (Å²) in [4.78, 5) is 26.8. The first-order valence-electron chi connectivity index (χ1n) is 8.79. The van der Waals surface area contributed by atoms with Crippen molar-refractivity contribution >= 4 is 35.2 Å². The largest absolute Gasteiger partial charge is 0.490 e. The van der Waals surface area contributed by atoms with Crippen LogP contribution >= 0.6 is 11.6 Å². The number of rotatable bonds is 7. The van der Waals surface area contributed by atoms with Crippen LogP contribution in [0.4, 0.5) is 5.69 Å². The Kier molecular flexibility index (Phi) is 6.13. The molecule has 2 aromatic rings. The monoisotopic (exact) mass is 416 g/mol. The lowest BCUT2D eigenvalue weighted by Gasteiger charge is -2.11. The molecule has 8 nitrogen and oxygen atoms in total. The van der Waals surface area contributed by atoms with Gasteiger partial charge in [-0.3, -0.25) is 10.1 Å². The first-order chi connectivity index (χ1) is 13.9. The third-order valence-electron chi connectivity index (χ3n) is 3.88. The second-order valence-corrected chi connectivity index (χ2v) is 6.24. The summed E-state index contributed by atoms with van der Waals surface area (Å²) < 4.78 is 16.3. The average Bonchev–Trinajstić information content (AvgIpc) is 3.04. The number of halogens is 1. The van der Waals surface area contributed by atoms with E-state index in [4.69, 9.17) is 25.8 Å². The van der Waals surface area contributed by atoms with Crippen molar-refractivity contribution in [1.29, 1.82) is 0 Å². The summed E-state index contributed by atoms with van der Waals surface area (Å²) in [6.07, 6.45) is 1.54. The molecule has 3 rings (SSSR count). The van der Waals surface area contributed by atoms with Gasteiger partial charge in [0, 0.05) is 11.6 Å². The first kappa shape index (κ1) is 20.3. The second kappa shape index (κ2) is 8.74. The molecule has 0 saturated carbocycles. The average molecular weight is 417 g/mol. The standard InChI is InChI=1S/C20H17ClN2O6/c1-3-27-17-8-5-12(10-18(17)28-4-2)9-15-20(24)29-19(22-15)13-6-7-14(21)16(11-13)23(25)26/h5-11H,3-4H2,1-2H3/b15-9+. The van der Waals surface area contributed by atoms with Gasteiger partial charge < -0.3 is 14.2 Å². The lowest BCUT2D eigenvalue weighted by atomic mass is 10.1. The number of hydrogen-bond acceptors (Lipinski definition) is 7. The van der Waals surface area contributed by atoms with Gasteiger partial charge in [0.15, 0.2) is 17.2 Å². The van der Waals surface area contributed by atoms with Gasteiger partial charge in [-0.1, -0.05) is 17.7 Å². The number of hydrogen-bond donors (Lipinski definition) is 0. The van der Waals surface area contributed by atoms with Gasteiger partial charge in [0.25, 0.3) is 5.69 Å². The number of nitro benzene ring substituents is 1. The van der Waals surface area contributed by atoms with Crippen LogP contribution in [0.1, 0.15) is 25.0 Å². The van der Waals surface area contributed by atoms with Gasteiger partial charge >= 0.3 is 5.97 Å². The molecule has 0 fully saturated rings. The van der Waals surface area contributed by atoms with Crippen molar-refractivity contribution in [3.05, 3.63) is 68.4 Å². The van der Waals surface area contributed by atoms with E-state index in [-0.39, 0.29) is 27.9 Å². The topological polar surface area (TPSA) is 100 Å². The van der Waals surface area contributed by atoms with Crippen LogP contribution < -0.4 is 9.47 Å². The Morgan fingerprint density at radius 2 is 1.86 bits per heavy atom. The lowest BCUT2D eigenvalue weighted by molar-refractivity contribution is -0.384. The summed E-state index contributed by atoms with van der Waals surface area (Å²) in [5.74, 6) is 0.456. The van der Waals surface area contributed by atoms with Crippen molar-refractivity contribution in [2.75, 3.05) is 13.2 Å². The molecule has 0 aromatic heterocycles. The summed E-state index contributed by atoms with van der Waals surface area (Å²) in [7, 11) is 0. The van der Waals surface area contributed by atoms with Gasteiger partial charge in [-0.05, 0) is 49.8 Å². The van der Waals surface area contributed by atoms with Crippen LogP contribution in [0.15, 0.2) is 47.1 Å². The Morgan fingerprint density at radius 1 is 1.14 bits per heavy atom. The fourth-order valence-electron chi connectivity index (χ4n) is 2.63. The normalized spacial score (nSPS) is 14.5. The predicted octanol–water partition coefficient (Wildman–Crippen LogP) is 4.39. The van der Waals surface area contributed by atoms with Crippen LogP contribution in [0.3, 0.4) is 0 Å². The van der Waals surface area contributed by atoms with E-state index in [1.807, 2.05) is 13.8 Å². The maximum atomic E-state index is 12.2. The molecule has 2 aromatic carbocycles. The van der Waals surface area contributed by atoms with Gasteiger partial charge in [-0.25, -0.2) is 9.79 Å². The number of benzene rings is 2. The van der Waals surface area contributed by atoms with Crippen LogP contribution in [0.25, 0.3) is 6.08 Å². The molecule has 1 aliphatic heterocycles. The second-order valence-electron chi connectivity index (χ2n) is 5.83. The lowest BCUT2D eigenvalue weighted by Crippen LogP contribution is -2.06. The zero-order valence-corrected chi connectivity index (χ0v) is 16.4. The molecule has 0 radical (unpaired) electrons.